The molecule has 2 aromatic carbocycles. The first-order chi connectivity index (χ1) is 14.4. The van der Waals surface area contributed by atoms with Crippen LogP contribution in [0.4, 0.5) is 5.69 Å². The van der Waals surface area contributed by atoms with E-state index in [-0.39, 0.29) is 17.0 Å². The van der Waals surface area contributed by atoms with Crippen molar-refractivity contribution < 1.29 is 9.59 Å². The van der Waals surface area contributed by atoms with Crippen molar-refractivity contribution in [3.05, 3.63) is 81.1 Å². The highest BCUT2D eigenvalue weighted by molar-refractivity contribution is 8.03. The number of thioether (sulfide) groups is 1. The van der Waals surface area contributed by atoms with Gasteiger partial charge < -0.3 is 11.1 Å². The molecule has 4 rings (SSSR count). The third-order valence-electron chi connectivity index (χ3n) is 4.73. The average molecular weight is 438 g/mol. The Morgan fingerprint density at radius 1 is 1.27 bits per heavy atom. The Balaban J connectivity index is 1.97. The molecule has 0 spiro atoms. The third-order valence-corrected chi connectivity index (χ3v) is 6.17. The van der Waals surface area contributed by atoms with E-state index >= 15 is 0 Å². The molecule has 1 unspecified atom stereocenters. The zero-order chi connectivity index (χ0) is 21.4. The van der Waals surface area contributed by atoms with Gasteiger partial charge in [0.15, 0.2) is 0 Å². The van der Waals surface area contributed by atoms with E-state index in [4.69, 9.17) is 17.3 Å². The smallest absolute Gasteiger partial charge is 0.277 e. The summed E-state index contributed by atoms with van der Waals surface area (Å²) in [6.07, 6.45) is 0. The minimum absolute atomic E-state index is 0.123. The first-order valence-corrected chi connectivity index (χ1v) is 10.2. The van der Waals surface area contributed by atoms with Crippen LogP contribution in [0.25, 0.3) is 0 Å². The van der Waals surface area contributed by atoms with Gasteiger partial charge in [-0.2, -0.15) is 5.26 Å². The van der Waals surface area contributed by atoms with Gasteiger partial charge in [0.25, 0.3) is 5.91 Å². The number of hydrazine groups is 1. The van der Waals surface area contributed by atoms with Crippen molar-refractivity contribution in [3.63, 3.8) is 0 Å². The van der Waals surface area contributed by atoms with Gasteiger partial charge in [-0.3, -0.25) is 15.0 Å². The summed E-state index contributed by atoms with van der Waals surface area (Å²) in [5.74, 6) is -1.94. The molecule has 0 bridgehead atoms. The summed E-state index contributed by atoms with van der Waals surface area (Å²) in [5, 5.41) is 15.1. The quantitative estimate of drug-likeness (QED) is 0.620. The molecule has 0 aliphatic carbocycles. The van der Waals surface area contributed by atoms with Crippen LogP contribution in [0.5, 0.6) is 0 Å². The van der Waals surface area contributed by atoms with E-state index in [2.05, 4.69) is 16.8 Å². The fraction of sp³-hybridized carbons (Fsp3) is 0.0952. The lowest BCUT2D eigenvalue weighted by molar-refractivity contribution is -0.136. The molecule has 2 amide bonds. The summed E-state index contributed by atoms with van der Waals surface area (Å²) in [5.41, 5.74) is 10.4. The van der Waals surface area contributed by atoms with Gasteiger partial charge in [0, 0.05) is 16.8 Å². The number of para-hydroxylation sites is 1. The fourth-order valence-electron chi connectivity index (χ4n) is 3.44. The van der Waals surface area contributed by atoms with Crippen LogP contribution >= 0.6 is 23.4 Å². The van der Waals surface area contributed by atoms with Crippen molar-refractivity contribution in [1.82, 2.24) is 10.4 Å². The molecule has 150 valence electrons. The molecule has 2 aliphatic rings. The Morgan fingerprint density at radius 2 is 1.97 bits per heavy atom. The second kappa shape index (κ2) is 7.78. The molecule has 4 N–H and O–H groups in total. The lowest BCUT2D eigenvalue weighted by Gasteiger charge is -2.34. The molecule has 30 heavy (non-hydrogen) atoms. The van der Waals surface area contributed by atoms with Gasteiger partial charge in [-0.25, -0.2) is 5.01 Å². The van der Waals surface area contributed by atoms with Crippen molar-refractivity contribution >= 4 is 40.9 Å². The molecule has 0 saturated heterocycles. The SMILES string of the molecule is CC(=O)NN1C(=O)/C(=C2\Nc3ccccc3S2)C(c2ccccc2Cl)C(C#N)=C1N. The number of carbonyl (C=O) groups excluding carboxylic acids is 2. The van der Waals surface area contributed by atoms with Crippen LogP contribution in [0.2, 0.25) is 5.02 Å². The summed E-state index contributed by atoms with van der Waals surface area (Å²) in [7, 11) is 0. The topological polar surface area (TPSA) is 111 Å². The maximum absolute atomic E-state index is 13.5. The van der Waals surface area contributed by atoms with E-state index < -0.39 is 17.7 Å². The molecule has 0 radical (unpaired) electrons. The number of anilines is 1. The zero-order valence-corrected chi connectivity index (χ0v) is 17.3. The third kappa shape index (κ3) is 3.28. The van der Waals surface area contributed by atoms with Gasteiger partial charge in [-0.1, -0.05) is 53.7 Å². The van der Waals surface area contributed by atoms with Crippen LogP contribution in [-0.2, 0) is 9.59 Å². The van der Waals surface area contributed by atoms with Crippen LogP contribution in [0, 0.1) is 11.3 Å². The molecule has 1 atom stereocenters. The van der Waals surface area contributed by atoms with Gasteiger partial charge >= 0.3 is 0 Å². The molecular weight excluding hydrogens is 422 g/mol. The number of amides is 2. The summed E-state index contributed by atoms with van der Waals surface area (Å²) in [4.78, 5) is 26.1. The summed E-state index contributed by atoms with van der Waals surface area (Å²) >= 11 is 7.82. The number of hydrogen-bond donors (Lipinski definition) is 3. The average Bonchev–Trinajstić information content (AvgIpc) is 3.14. The van der Waals surface area contributed by atoms with Crippen LogP contribution in [0.15, 0.2) is 75.4 Å². The van der Waals surface area contributed by atoms with Gasteiger partial charge in [0.2, 0.25) is 5.91 Å². The molecular formula is C21H16ClN5O2S. The van der Waals surface area contributed by atoms with Crippen molar-refractivity contribution in [2.75, 3.05) is 5.32 Å². The number of benzene rings is 2. The Bertz CT molecular complexity index is 1160. The van der Waals surface area contributed by atoms with Crippen LogP contribution in [0.3, 0.4) is 0 Å². The van der Waals surface area contributed by atoms with E-state index in [1.165, 1.54) is 18.7 Å². The highest BCUT2D eigenvalue weighted by Crippen LogP contribution is 2.48. The van der Waals surface area contributed by atoms with E-state index in [0.29, 0.717) is 15.6 Å². The number of nitriles is 1. The van der Waals surface area contributed by atoms with E-state index in [9.17, 15) is 14.9 Å². The Hall–Kier alpha value is -3.41. The first kappa shape index (κ1) is 19.9. The van der Waals surface area contributed by atoms with Crippen molar-refractivity contribution in [1.29, 1.82) is 5.26 Å². The number of nitrogens with two attached hydrogens (primary N) is 1. The molecule has 7 nitrogen and oxygen atoms in total. The summed E-state index contributed by atoms with van der Waals surface area (Å²) in [6, 6.07) is 16.7. The van der Waals surface area contributed by atoms with E-state index in [1.807, 2.05) is 24.3 Å². The zero-order valence-electron chi connectivity index (χ0n) is 15.8. The maximum atomic E-state index is 13.5. The number of fused-ring (bicyclic) bond motifs is 1. The predicted molar refractivity (Wildman–Crippen MR) is 115 cm³/mol. The van der Waals surface area contributed by atoms with E-state index in [1.54, 1.807) is 24.3 Å². The number of nitrogens with one attached hydrogen (secondary N) is 2. The standard InChI is InChI=1S/C21H16ClN5O2S/c1-11(28)26-27-19(24)13(10-23)17(12-6-2-3-7-14(12)22)18(21(27)29)20-25-15-8-4-5-9-16(15)30-20/h2-9,17,25H,24H2,1H3,(H,26,28)/b20-18+. The second-order valence-corrected chi connectivity index (χ2v) is 8.10. The first-order valence-electron chi connectivity index (χ1n) is 8.96. The molecule has 2 aliphatic heterocycles. The highest BCUT2D eigenvalue weighted by Gasteiger charge is 2.42. The Labute approximate surface area is 182 Å². The van der Waals surface area contributed by atoms with Crippen LogP contribution in [-0.4, -0.2) is 16.8 Å². The molecule has 0 saturated carbocycles. The molecule has 9 heteroatoms. The number of hydrogen-bond acceptors (Lipinski definition) is 6. The second-order valence-electron chi connectivity index (χ2n) is 6.64. The van der Waals surface area contributed by atoms with Gasteiger partial charge in [0.05, 0.1) is 33.8 Å². The molecule has 2 heterocycles. The fourth-order valence-corrected chi connectivity index (χ4v) is 4.76. The number of rotatable bonds is 2. The van der Waals surface area contributed by atoms with Crippen molar-refractivity contribution in [2.45, 2.75) is 17.7 Å². The number of nitrogens with zero attached hydrogens (tertiary/aromatic N) is 2. The number of carbonyl (C=O) groups is 2. The van der Waals surface area contributed by atoms with E-state index in [0.717, 1.165) is 15.6 Å². The predicted octanol–water partition coefficient (Wildman–Crippen LogP) is 3.44. The maximum Gasteiger partial charge on any atom is 0.277 e. The highest BCUT2D eigenvalue weighted by atomic mass is 35.5. The molecule has 2 aromatic rings. The molecule has 0 aromatic heterocycles. The summed E-state index contributed by atoms with van der Waals surface area (Å²) in [6.45, 7) is 1.26. The summed E-state index contributed by atoms with van der Waals surface area (Å²) < 4.78 is 0. The van der Waals surface area contributed by atoms with Gasteiger partial charge in [-0.05, 0) is 23.8 Å². The minimum atomic E-state index is -0.787. The molecule has 0 fully saturated rings. The van der Waals surface area contributed by atoms with Gasteiger partial charge in [-0.15, -0.1) is 0 Å². The monoisotopic (exact) mass is 437 g/mol. The van der Waals surface area contributed by atoms with Gasteiger partial charge in [0.1, 0.15) is 5.82 Å². The number of allylic oxidation sites excluding steroid dienone is 1. The lowest BCUT2D eigenvalue weighted by atomic mass is 9.82. The van der Waals surface area contributed by atoms with Crippen molar-refractivity contribution in [3.8, 4) is 6.07 Å². The number of halogens is 1. The Kier molecular flexibility index (Phi) is 5.16. The minimum Gasteiger partial charge on any atom is -0.383 e. The lowest BCUT2D eigenvalue weighted by Crippen LogP contribution is -2.51. The Morgan fingerprint density at radius 3 is 2.63 bits per heavy atom. The van der Waals surface area contributed by atoms with Crippen LogP contribution < -0.4 is 16.5 Å². The largest absolute Gasteiger partial charge is 0.383 e. The normalized spacial score (nSPS) is 20.5. The van der Waals surface area contributed by atoms with Crippen LogP contribution in [0.1, 0.15) is 18.4 Å². The van der Waals surface area contributed by atoms with Crippen molar-refractivity contribution in [2.24, 2.45) is 5.73 Å².